The Bertz CT molecular complexity index is 630. The molecule has 1 fully saturated rings. The van der Waals surface area contributed by atoms with Crippen molar-refractivity contribution < 1.29 is 32.6 Å². The lowest BCUT2D eigenvalue weighted by Crippen LogP contribution is -2.56. The molecule has 2 rings (SSSR count). The Hall–Kier alpha value is -1.90. The molecule has 0 saturated carbocycles. The maximum atomic E-state index is 12.2. The SMILES string of the molecule is O=C(Cc1cccc(OCC(F)(F)F)c1)NC1(C(=O)O)CCSCC1. The molecule has 0 spiro atoms. The molecule has 2 N–H and O–H groups in total. The summed E-state index contributed by atoms with van der Waals surface area (Å²) in [7, 11) is 0. The van der Waals surface area contributed by atoms with E-state index in [0.29, 0.717) is 29.9 Å². The molecule has 1 heterocycles. The van der Waals surface area contributed by atoms with Gasteiger partial charge in [0.2, 0.25) is 5.91 Å². The summed E-state index contributed by atoms with van der Waals surface area (Å²) in [6.45, 7) is -1.41. The van der Waals surface area contributed by atoms with E-state index in [1.807, 2.05) is 0 Å². The number of carboxylic acid groups (broad SMARTS) is 1. The second kappa shape index (κ2) is 7.99. The lowest BCUT2D eigenvalue weighted by molar-refractivity contribution is -0.153. The van der Waals surface area contributed by atoms with Gasteiger partial charge in [-0.15, -0.1) is 0 Å². The number of halogens is 3. The number of carboxylic acids is 1. The lowest BCUT2D eigenvalue weighted by Gasteiger charge is -2.33. The van der Waals surface area contributed by atoms with Crippen molar-refractivity contribution in [1.29, 1.82) is 0 Å². The third kappa shape index (κ3) is 5.84. The number of carbonyl (C=O) groups is 2. The van der Waals surface area contributed by atoms with Gasteiger partial charge >= 0.3 is 12.1 Å². The van der Waals surface area contributed by atoms with E-state index in [2.05, 4.69) is 10.1 Å². The van der Waals surface area contributed by atoms with Crippen LogP contribution in [0.5, 0.6) is 5.75 Å². The molecule has 1 aromatic carbocycles. The first-order valence-corrected chi connectivity index (χ1v) is 8.76. The second-order valence-electron chi connectivity index (χ2n) is 5.78. The van der Waals surface area contributed by atoms with E-state index < -0.39 is 30.2 Å². The third-order valence-electron chi connectivity index (χ3n) is 3.80. The van der Waals surface area contributed by atoms with Crippen molar-refractivity contribution in [3.63, 3.8) is 0 Å². The number of rotatable bonds is 6. The molecule has 1 saturated heterocycles. The molecule has 5 nitrogen and oxygen atoms in total. The number of ether oxygens (including phenoxy) is 1. The number of amides is 1. The summed E-state index contributed by atoms with van der Waals surface area (Å²) in [5.41, 5.74) is -0.824. The molecular formula is C16H18F3NO4S. The summed E-state index contributed by atoms with van der Waals surface area (Å²) < 4.78 is 41.2. The van der Waals surface area contributed by atoms with Crippen LogP contribution in [0.2, 0.25) is 0 Å². The number of benzene rings is 1. The molecule has 138 valence electrons. The highest BCUT2D eigenvalue weighted by Gasteiger charge is 2.41. The summed E-state index contributed by atoms with van der Waals surface area (Å²) >= 11 is 1.63. The van der Waals surface area contributed by atoms with E-state index in [9.17, 15) is 27.9 Å². The van der Waals surface area contributed by atoms with Crippen LogP contribution in [0.15, 0.2) is 24.3 Å². The predicted octanol–water partition coefficient (Wildman–Crippen LogP) is 2.64. The molecule has 1 aliphatic heterocycles. The van der Waals surface area contributed by atoms with Crippen molar-refractivity contribution in [2.24, 2.45) is 0 Å². The van der Waals surface area contributed by atoms with Crippen molar-refractivity contribution >= 4 is 23.6 Å². The van der Waals surface area contributed by atoms with Crippen LogP contribution < -0.4 is 10.1 Å². The second-order valence-corrected chi connectivity index (χ2v) is 7.00. The molecule has 9 heteroatoms. The third-order valence-corrected chi connectivity index (χ3v) is 4.79. The standard InChI is InChI=1S/C16H18F3NO4S/c17-16(18,19)10-24-12-3-1-2-11(8-12)9-13(21)20-15(14(22)23)4-6-25-7-5-15/h1-3,8H,4-7,9-10H2,(H,20,21)(H,22,23). The number of aliphatic carboxylic acids is 1. The predicted molar refractivity (Wildman–Crippen MR) is 86.8 cm³/mol. The minimum atomic E-state index is -4.44. The maximum absolute atomic E-state index is 12.2. The minimum absolute atomic E-state index is 0.00430. The Morgan fingerprint density at radius 2 is 1.96 bits per heavy atom. The Morgan fingerprint density at radius 3 is 2.56 bits per heavy atom. The highest BCUT2D eigenvalue weighted by atomic mass is 32.2. The van der Waals surface area contributed by atoms with E-state index in [-0.39, 0.29) is 12.2 Å². The smallest absolute Gasteiger partial charge is 0.422 e. The first-order valence-electron chi connectivity index (χ1n) is 7.61. The zero-order chi connectivity index (χ0) is 18.5. The van der Waals surface area contributed by atoms with Gasteiger partial charge in [-0.25, -0.2) is 4.79 Å². The van der Waals surface area contributed by atoms with Crippen LogP contribution in [-0.4, -0.2) is 46.8 Å². The fourth-order valence-corrected chi connectivity index (χ4v) is 3.71. The van der Waals surface area contributed by atoms with Gasteiger partial charge in [-0.2, -0.15) is 24.9 Å². The van der Waals surface area contributed by atoms with Gasteiger partial charge in [-0.05, 0) is 42.0 Å². The van der Waals surface area contributed by atoms with Gasteiger partial charge in [0.05, 0.1) is 6.42 Å². The summed E-state index contributed by atoms with van der Waals surface area (Å²) in [4.78, 5) is 23.8. The van der Waals surface area contributed by atoms with E-state index in [4.69, 9.17) is 0 Å². The van der Waals surface area contributed by atoms with Gasteiger partial charge in [0.25, 0.3) is 0 Å². The van der Waals surface area contributed by atoms with Gasteiger partial charge < -0.3 is 15.2 Å². The average Bonchev–Trinajstić information content (AvgIpc) is 2.53. The molecule has 25 heavy (non-hydrogen) atoms. The topological polar surface area (TPSA) is 75.6 Å². The monoisotopic (exact) mass is 377 g/mol. The Kier molecular flexibility index (Phi) is 6.21. The molecule has 1 aliphatic rings. The van der Waals surface area contributed by atoms with E-state index in [1.54, 1.807) is 17.8 Å². The maximum Gasteiger partial charge on any atom is 0.422 e. The first kappa shape index (κ1) is 19.4. The number of alkyl halides is 3. The Balaban J connectivity index is 1.99. The first-order chi connectivity index (χ1) is 11.7. The zero-order valence-electron chi connectivity index (χ0n) is 13.3. The number of carbonyl (C=O) groups excluding carboxylic acids is 1. The average molecular weight is 377 g/mol. The van der Waals surface area contributed by atoms with E-state index in [0.717, 1.165) is 0 Å². The van der Waals surface area contributed by atoms with Crippen molar-refractivity contribution in [1.82, 2.24) is 5.32 Å². The Morgan fingerprint density at radius 1 is 1.28 bits per heavy atom. The molecular weight excluding hydrogens is 359 g/mol. The van der Waals surface area contributed by atoms with Crippen LogP contribution in [-0.2, 0) is 16.0 Å². The van der Waals surface area contributed by atoms with Crippen molar-refractivity contribution in [3.8, 4) is 5.75 Å². The fraction of sp³-hybridized carbons (Fsp3) is 0.500. The van der Waals surface area contributed by atoms with E-state index in [1.165, 1.54) is 18.2 Å². The summed E-state index contributed by atoms with van der Waals surface area (Å²) in [6.07, 6.45) is -3.90. The van der Waals surface area contributed by atoms with Crippen molar-refractivity contribution in [2.75, 3.05) is 18.1 Å². The summed E-state index contributed by atoms with van der Waals surface area (Å²) in [6, 6.07) is 5.77. The Labute approximate surface area is 146 Å². The number of thioether (sulfide) groups is 1. The van der Waals surface area contributed by atoms with E-state index >= 15 is 0 Å². The molecule has 1 aromatic rings. The van der Waals surface area contributed by atoms with Gasteiger partial charge in [0.15, 0.2) is 6.61 Å². The number of hydrogen-bond donors (Lipinski definition) is 2. The van der Waals surface area contributed by atoms with Crippen molar-refractivity contribution in [2.45, 2.75) is 31.0 Å². The van der Waals surface area contributed by atoms with Gasteiger partial charge in [-0.3, -0.25) is 4.79 Å². The van der Waals surface area contributed by atoms with Crippen LogP contribution in [0.3, 0.4) is 0 Å². The highest BCUT2D eigenvalue weighted by molar-refractivity contribution is 7.99. The van der Waals surface area contributed by atoms with Crippen molar-refractivity contribution in [3.05, 3.63) is 29.8 Å². The highest BCUT2D eigenvalue weighted by Crippen LogP contribution is 2.27. The van der Waals surface area contributed by atoms with Crippen LogP contribution in [0.4, 0.5) is 13.2 Å². The summed E-state index contributed by atoms with van der Waals surface area (Å²) in [5, 5.41) is 12.0. The lowest BCUT2D eigenvalue weighted by atomic mass is 9.92. The van der Waals surface area contributed by atoms with Crippen LogP contribution in [0.1, 0.15) is 18.4 Å². The fourth-order valence-electron chi connectivity index (χ4n) is 2.52. The zero-order valence-corrected chi connectivity index (χ0v) is 14.1. The molecule has 0 atom stereocenters. The molecule has 0 unspecified atom stereocenters. The van der Waals surface area contributed by atoms with Crippen LogP contribution >= 0.6 is 11.8 Å². The molecule has 0 aromatic heterocycles. The summed E-state index contributed by atoms with van der Waals surface area (Å²) in [5.74, 6) is -0.254. The molecule has 0 radical (unpaired) electrons. The molecule has 0 bridgehead atoms. The van der Waals surface area contributed by atoms with Gasteiger partial charge in [0, 0.05) is 0 Å². The van der Waals surface area contributed by atoms with Gasteiger partial charge in [0.1, 0.15) is 11.3 Å². The largest absolute Gasteiger partial charge is 0.484 e. The minimum Gasteiger partial charge on any atom is -0.484 e. The molecule has 1 amide bonds. The normalized spacial score (nSPS) is 16.9. The number of nitrogens with one attached hydrogen (secondary N) is 1. The quantitative estimate of drug-likeness (QED) is 0.797. The van der Waals surface area contributed by atoms with Crippen LogP contribution in [0.25, 0.3) is 0 Å². The van der Waals surface area contributed by atoms with Crippen LogP contribution in [0, 0.1) is 0 Å². The molecule has 0 aliphatic carbocycles. The van der Waals surface area contributed by atoms with Gasteiger partial charge in [-0.1, -0.05) is 12.1 Å². The number of hydrogen-bond acceptors (Lipinski definition) is 4.